The molecule has 0 radical (unpaired) electrons. The average Bonchev–Trinajstić information content (AvgIpc) is 2.47. The highest BCUT2D eigenvalue weighted by molar-refractivity contribution is 5.77. The van der Waals surface area contributed by atoms with Crippen LogP contribution in [0, 0.1) is 0 Å². The summed E-state index contributed by atoms with van der Waals surface area (Å²) in [7, 11) is 2.08. The third kappa shape index (κ3) is 1.32. The summed E-state index contributed by atoms with van der Waals surface area (Å²) in [6.07, 6.45) is 6.42. The van der Waals surface area contributed by atoms with E-state index in [-0.39, 0.29) is 0 Å². The fourth-order valence-electron chi connectivity index (χ4n) is 1.54. The Morgan fingerprint density at radius 3 is 2.77 bits per heavy atom. The van der Waals surface area contributed by atoms with Gasteiger partial charge >= 0.3 is 0 Å². The van der Waals surface area contributed by atoms with Crippen molar-refractivity contribution in [3.8, 4) is 0 Å². The molecular weight excluding hydrogens is 160 g/mol. The molecule has 2 aromatic heterocycles. The van der Waals surface area contributed by atoms with E-state index in [2.05, 4.69) is 60.8 Å². The van der Waals surface area contributed by atoms with Crippen molar-refractivity contribution in [2.45, 2.75) is 19.9 Å². The van der Waals surface area contributed by atoms with Gasteiger partial charge in [-0.3, -0.25) is 0 Å². The monoisotopic (exact) mass is 175 g/mol. The Morgan fingerprint density at radius 1 is 1.31 bits per heavy atom. The highest BCUT2D eigenvalue weighted by atomic mass is 15.0. The number of pyridine rings is 1. The van der Waals surface area contributed by atoms with Crippen LogP contribution in [0.15, 0.2) is 30.7 Å². The summed E-state index contributed by atoms with van der Waals surface area (Å²) < 4.78 is 4.37. The summed E-state index contributed by atoms with van der Waals surface area (Å²) >= 11 is 0. The van der Waals surface area contributed by atoms with Gasteiger partial charge in [0.15, 0.2) is 18.4 Å². The lowest BCUT2D eigenvalue weighted by atomic mass is 10.3. The van der Waals surface area contributed by atoms with E-state index in [1.807, 2.05) is 0 Å². The molecule has 0 aromatic carbocycles. The first-order valence-electron chi connectivity index (χ1n) is 4.64. The molecule has 13 heavy (non-hydrogen) atoms. The number of rotatable bonds is 1. The lowest BCUT2D eigenvalue weighted by Gasteiger charge is -2.00. The number of fused-ring (bicyclic) bond motifs is 1. The summed E-state index contributed by atoms with van der Waals surface area (Å²) in [6, 6.07) is 4.83. The summed E-state index contributed by atoms with van der Waals surface area (Å²) in [5.41, 5.74) is 1.29. The normalized spacial score (nSPS) is 11.4. The van der Waals surface area contributed by atoms with Crippen LogP contribution < -0.4 is 4.57 Å². The van der Waals surface area contributed by atoms with Crippen molar-refractivity contribution in [3.63, 3.8) is 0 Å². The molecule has 0 atom stereocenters. The third-order valence-corrected chi connectivity index (χ3v) is 2.45. The molecule has 2 rings (SSSR count). The molecule has 2 nitrogen and oxygen atoms in total. The van der Waals surface area contributed by atoms with E-state index in [0.29, 0.717) is 6.04 Å². The van der Waals surface area contributed by atoms with E-state index in [1.54, 1.807) is 0 Å². The molecule has 0 aliphatic carbocycles. The fraction of sp³-hybridized carbons (Fsp3) is 0.364. The van der Waals surface area contributed by atoms with E-state index in [4.69, 9.17) is 0 Å². The molecule has 68 valence electrons. The van der Waals surface area contributed by atoms with E-state index < -0.39 is 0 Å². The van der Waals surface area contributed by atoms with Gasteiger partial charge in [-0.2, -0.15) is 0 Å². The van der Waals surface area contributed by atoms with Crippen LogP contribution in [0.1, 0.15) is 19.9 Å². The maximum Gasteiger partial charge on any atom is 0.193 e. The number of hydrogen-bond acceptors (Lipinski definition) is 0. The van der Waals surface area contributed by atoms with Crippen molar-refractivity contribution < 1.29 is 4.57 Å². The molecule has 2 heterocycles. The van der Waals surface area contributed by atoms with Crippen LogP contribution >= 0.6 is 0 Å². The maximum atomic E-state index is 2.22. The molecule has 0 unspecified atom stereocenters. The van der Waals surface area contributed by atoms with Crippen LogP contribution in [0.3, 0.4) is 0 Å². The van der Waals surface area contributed by atoms with Gasteiger partial charge in [0.25, 0.3) is 0 Å². The lowest BCUT2D eigenvalue weighted by molar-refractivity contribution is -0.715. The van der Waals surface area contributed by atoms with Crippen LogP contribution in [0.5, 0.6) is 0 Å². The van der Waals surface area contributed by atoms with Gasteiger partial charge in [-0.1, -0.05) is 0 Å². The molecule has 0 aliphatic rings. The first-order valence-corrected chi connectivity index (χ1v) is 4.64. The third-order valence-electron chi connectivity index (χ3n) is 2.45. The molecule has 0 N–H and O–H groups in total. The second kappa shape index (κ2) is 2.87. The van der Waals surface area contributed by atoms with E-state index in [9.17, 15) is 0 Å². The smallest absolute Gasteiger partial charge is 0.193 e. The zero-order chi connectivity index (χ0) is 9.42. The highest BCUT2D eigenvalue weighted by Crippen LogP contribution is 2.11. The second-order valence-corrected chi connectivity index (χ2v) is 3.75. The van der Waals surface area contributed by atoms with Crippen LogP contribution in [0.2, 0.25) is 0 Å². The Bertz CT molecular complexity index is 427. The summed E-state index contributed by atoms with van der Waals surface area (Å²) in [6.45, 7) is 4.38. The minimum absolute atomic E-state index is 0.527. The van der Waals surface area contributed by atoms with Gasteiger partial charge in [-0.25, -0.2) is 4.57 Å². The SMILES string of the molecule is CC(C)[n+]1ccc2ccn(C)c2c1. The van der Waals surface area contributed by atoms with Gasteiger partial charge in [-0.15, -0.1) is 0 Å². The van der Waals surface area contributed by atoms with Gasteiger partial charge in [0, 0.05) is 24.7 Å². The lowest BCUT2D eigenvalue weighted by Crippen LogP contribution is -2.35. The molecule has 0 amide bonds. The molecule has 2 aromatic rings. The van der Waals surface area contributed by atoms with Crippen LogP contribution in [0.4, 0.5) is 0 Å². The topological polar surface area (TPSA) is 8.81 Å². The van der Waals surface area contributed by atoms with Crippen molar-refractivity contribution in [1.29, 1.82) is 0 Å². The summed E-state index contributed by atoms with van der Waals surface area (Å²) in [5, 5.41) is 1.31. The Kier molecular flexibility index (Phi) is 1.83. The number of hydrogen-bond donors (Lipinski definition) is 0. The average molecular weight is 175 g/mol. The Labute approximate surface area is 78.4 Å². The van der Waals surface area contributed by atoms with Crippen molar-refractivity contribution in [2.24, 2.45) is 7.05 Å². The molecule has 0 saturated heterocycles. The van der Waals surface area contributed by atoms with Crippen LogP contribution in [-0.2, 0) is 7.05 Å². The predicted octanol–water partition coefficient (Wildman–Crippen LogP) is 2.05. The molecule has 0 bridgehead atoms. The van der Waals surface area contributed by atoms with Crippen molar-refractivity contribution in [1.82, 2.24) is 4.57 Å². The quantitative estimate of drug-likeness (QED) is 0.586. The Morgan fingerprint density at radius 2 is 2.08 bits per heavy atom. The largest absolute Gasteiger partial charge is 0.346 e. The van der Waals surface area contributed by atoms with Gasteiger partial charge in [-0.05, 0) is 19.9 Å². The summed E-state index contributed by atoms with van der Waals surface area (Å²) in [5.74, 6) is 0. The highest BCUT2D eigenvalue weighted by Gasteiger charge is 2.08. The fourth-order valence-corrected chi connectivity index (χ4v) is 1.54. The van der Waals surface area contributed by atoms with Gasteiger partial charge in [0.2, 0.25) is 0 Å². The number of aryl methyl sites for hydroxylation is 1. The molecule has 0 saturated carbocycles. The van der Waals surface area contributed by atoms with Gasteiger partial charge in [0.05, 0.1) is 0 Å². The second-order valence-electron chi connectivity index (χ2n) is 3.75. The first kappa shape index (κ1) is 8.30. The minimum Gasteiger partial charge on any atom is -0.346 e. The number of aromatic nitrogens is 2. The molecule has 2 heteroatoms. The van der Waals surface area contributed by atoms with Crippen molar-refractivity contribution >= 4 is 10.9 Å². The maximum absolute atomic E-state index is 2.22. The van der Waals surface area contributed by atoms with Gasteiger partial charge in [0.1, 0.15) is 5.52 Å². The molecule has 0 aliphatic heterocycles. The van der Waals surface area contributed by atoms with Crippen LogP contribution in [-0.4, -0.2) is 4.57 Å². The molecule has 0 fully saturated rings. The van der Waals surface area contributed by atoms with Crippen molar-refractivity contribution in [2.75, 3.05) is 0 Å². The van der Waals surface area contributed by atoms with Gasteiger partial charge < -0.3 is 4.57 Å². The van der Waals surface area contributed by atoms with E-state index >= 15 is 0 Å². The predicted molar refractivity (Wildman–Crippen MR) is 53.5 cm³/mol. The first-order chi connectivity index (χ1) is 6.18. The minimum atomic E-state index is 0.527. The van der Waals surface area contributed by atoms with E-state index in [0.717, 1.165) is 0 Å². The Balaban J connectivity index is 2.66. The van der Waals surface area contributed by atoms with Crippen molar-refractivity contribution in [3.05, 3.63) is 30.7 Å². The number of nitrogens with zero attached hydrogens (tertiary/aromatic N) is 2. The Hall–Kier alpha value is -1.31. The zero-order valence-electron chi connectivity index (χ0n) is 8.36. The summed E-state index contributed by atoms with van der Waals surface area (Å²) in [4.78, 5) is 0. The molecule has 0 spiro atoms. The van der Waals surface area contributed by atoms with Crippen LogP contribution in [0.25, 0.3) is 10.9 Å². The standard InChI is InChI=1S/C11H15N2/c1-9(2)13-7-5-10-4-6-12(3)11(10)8-13/h4-9H,1-3H3/q+1. The molecular formula is C11H15N2+. The zero-order valence-corrected chi connectivity index (χ0v) is 8.36. The van der Waals surface area contributed by atoms with E-state index in [1.165, 1.54) is 10.9 Å².